The van der Waals surface area contributed by atoms with Crippen LogP contribution in [0.3, 0.4) is 0 Å². The Morgan fingerprint density at radius 3 is 2.58 bits per heavy atom. The van der Waals surface area contributed by atoms with E-state index in [1.807, 2.05) is 6.92 Å². The first-order valence-electron chi connectivity index (χ1n) is 8.86. The lowest BCUT2D eigenvalue weighted by Crippen LogP contribution is -2.42. The van der Waals surface area contributed by atoms with Crippen molar-refractivity contribution in [3.05, 3.63) is 22.5 Å². The predicted octanol–water partition coefficient (Wildman–Crippen LogP) is 3.91. The van der Waals surface area contributed by atoms with Gasteiger partial charge in [-0.3, -0.25) is 4.79 Å². The minimum absolute atomic E-state index is 0.102. The van der Waals surface area contributed by atoms with E-state index in [4.69, 9.17) is 4.74 Å². The van der Waals surface area contributed by atoms with Crippen LogP contribution in [0.4, 0.5) is 13.2 Å². The van der Waals surface area contributed by atoms with Crippen LogP contribution in [0.5, 0.6) is 0 Å². The van der Waals surface area contributed by atoms with Gasteiger partial charge < -0.3 is 15.0 Å². The number of rotatable bonds is 5. The molecule has 26 heavy (non-hydrogen) atoms. The highest BCUT2D eigenvalue weighted by Crippen LogP contribution is 2.37. The zero-order valence-electron chi connectivity index (χ0n) is 15.3. The summed E-state index contributed by atoms with van der Waals surface area (Å²) in [5.74, 6) is -2.39. The maximum Gasteiger partial charge on any atom is 0.391 e. The number of halogens is 3. The number of methoxy groups -OCH3 is 1. The summed E-state index contributed by atoms with van der Waals surface area (Å²) in [5, 5.41) is 2.71. The third-order valence-electron chi connectivity index (χ3n) is 4.88. The molecule has 0 aromatic carbocycles. The van der Waals surface area contributed by atoms with Crippen LogP contribution in [-0.4, -0.2) is 36.2 Å². The lowest BCUT2D eigenvalue weighted by Gasteiger charge is -2.31. The summed E-state index contributed by atoms with van der Waals surface area (Å²) >= 11 is 0. The summed E-state index contributed by atoms with van der Waals surface area (Å²) in [6.07, 6.45) is -2.10. The Labute approximate surface area is 150 Å². The fourth-order valence-electron chi connectivity index (χ4n) is 3.62. The molecule has 1 aliphatic carbocycles. The minimum atomic E-state index is -4.24. The molecule has 1 aromatic rings. The van der Waals surface area contributed by atoms with Gasteiger partial charge in [-0.2, -0.15) is 13.2 Å². The number of hydrogen-bond acceptors (Lipinski definition) is 3. The highest BCUT2D eigenvalue weighted by molar-refractivity contribution is 6.00. The molecule has 0 spiro atoms. The molecule has 2 unspecified atom stereocenters. The predicted molar refractivity (Wildman–Crippen MR) is 90.1 cm³/mol. The molecule has 1 amide bonds. The van der Waals surface area contributed by atoms with E-state index in [1.165, 1.54) is 7.11 Å². The Bertz CT molecular complexity index is 667. The number of aryl methyl sites for hydroxylation is 1. The first-order valence-corrected chi connectivity index (χ1v) is 8.86. The molecule has 0 saturated heterocycles. The molecule has 0 bridgehead atoms. The van der Waals surface area contributed by atoms with Crippen LogP contribution in [0.1, 0.15) is 71.1 Å². The minimum Gasteiger partial charge on any atom is -0.465 e. The highest BCUT2D eigenvalue weighted by atomic mass is 19.4. The fraction of sp³-hybridized carbons (Fsp3) is 0.667. The van der Waals surface area contributed by atoms with Crippen LogP contribution < -0.4 is 5.32 Å². The number of H-pyrrole nitrogens is 1. The van der Waals surface area contributed by atoms with Gasteiger partial charge in [-0.15, -0.1) is 0 Å². The van der Waals surface area contributed by atoms with Crippen LogP contribution in [0, 0.1) is 12.8 Å². The second kappa shape index (κ2) is 8.14. The van der Waals surface area contributed by atoms with E-state index in [0.717, 1.165) is 0 Å². The quantitative estimate of drug-likeness (QED) is 0.768. The number of hydrogen-bond donors (Lipinski definition) is 2. The van der Waals surface area contributed by atoms with Gasteiger partial charge in [-0.25, -0.2) is 4.79 Å². The Kier molecular flexibility index (Phi) is 6.36. The molecule has 2 atom stereocenters. The van der Waals surface area contributed by atoms with Crippen molar-refractivity contribution in [1.82, 2.24) is 10.3 Å². The van der Waals surface area contributed by atoms with Gasteiger partial charge in [-0.1, -0.05) is 19.8 Å². The molecule has 2 rings (SSSR count). The van der Waals surface area contributed by atoms with Crippen LogP contribution >= 0.6 is 0 Å². The van der Waals surface area contributed by atoms with Crippen LogP contribution in [0.2, 0.25) is 0 Å². The third kappa shape index (κ3) is 4.40. The maximum absolute atomic E-state index is 13.0. The topological polar surface area (TPSA) is 71.2 Å². The smallest absolute Gasteiger partial charge is 0.391 e. The van der Waals surface area contributed by atoms with Gasteiger partial charge in [-0.05, 0) is 38.2 Å². The summed E-state index contributed by atoms with van der Waals surface area (Å²) in [6.45, 7) is 3.59. The van der Waals surface area contributed by atoms with E-state index in [0.29, 0.717) is 42.5 Å². The average Bonchev–Trinajstić information content (AvgIpc) is 2.90. The molecule has 5 nitrogen and oxygen atoms in total. The van der Waals surface area contributed by atoms with Gasteiger partial charge in [0.05, 0.1) is 18.6 Å². The van der Waals surface area contributed by atoms with Crippen molar-refractivity contribution in [2.75, 3.05) is 7.11 Å². The van der Waals surface area contributed by atoms with E-state index in [2.05, 4.69) is 10.3 Å². The van der Waals surface area contributed by atoms with E-state index >= 15 is 0 Å². The second-order valence-electron chi connectivity index (χ2n) is 6.80. The molecular weight excluding hydrogens is 349 g/mol. The van der Waals surface area contributed by atoms with Crippen molar-refractivity contribution in [1.29, 1.82) is 0 Å². The van der Waals surface area contributed by atoms with Crippen molar-refractivity contribution in [3.63, 3.8) is 0 Å². The Morgan fingerprint density at radius 1 is 1.31 bits per heavy atom. The first kappa shape index (κ1) is 20.3. The Morgan fingerprint density at radius 2 is 2.00 bits per heavy atom. The monoisotopic (exact) mass is 374 g/mol. The highest BCUT2D eigenvalue weighted by Gasteiger charge is 2.42. The van der Waals surface area contributed by atoms with Gasteiger partial charge in [0.15, 0.2) is 0 Å². The number of aromatic nitrogens is 1. The van der Waals surface area contributed by atoms with Gasteiger partial charge in [0.2, 0.25) is 0 Å². The molecule has 1 aromatic heterocycles. The summed E-state index contributed by atoms with van der Waals surface area (Å²) in [6, 6.07) is -0.525. The summed E-state index contributed by atoms with van der Waals surface area (Å²) in [5.41, 5.74) is 1.63. The third-order valence-corrected chi connectivity index (χ3v) is 4.88. The number of amides is 1. The Hall–Kier alpha value is -1.99. The van der Waals surface area contributed by atoms with Gasteiger partial charge >= 0.3 is 12.1 Å². The standard InChI is InChI=1S/C18H25F3N2O3/c1-4-6-13-14(17(25)26-3)10(2)22-15(13)16(24)23-12-8-5-7-11(9-12)18(19,20)21/h11-12,22H,4-9H2,1-3H3,(H,23,24). The molecule has 0 aliphatic heterocycles. The van der Waals surface area contributed by atoms with Crippen molar-refractivity contribution < 1.29 is 27.5 Å². The number of carbonyl (C=O) groups is 2. The van der Waals surface area contributed by atoms with Crippen LogP contribution in [0.25, 0.3) is 0 Å². The van der Waals surface area contributed by atoms with Crippen molar-refractivity contribution in [3.8, 4) is 0 Å². The largest absolute Gasteiger partial charge is 0.465 e. The molecule has 0 radical (unpaired) electrons. The van der Waals surface area contributed by atoms with Crippen LogP contribution in [-0.2, 0) is 11.2 Å². The lowest BCUT2D eigenvalue weighted by molar-refractivity contribution is -0.183. The molecular formula is C18H25F3N2O3. The number of aromatic amines is 1. The zero-order chi connectivity index (χ0) is 19.5. The van der Waals surface area contributed by atoms with Crippen molar-refractivity contribution in [2.45, 2.75) is 64.6 Å². The molecule has 8 heteroatoms. The molecule has 2 N–H and O–H groups in total. The summed E-state index contributed by atoms with van der Waals surface area (Å²) in [4.78, 5) is 27.6. The van der Waals surface area contributed by atoms with Crippen molar-refractivity contribution in [2.24, 2.45) is 5.92 Å². The number of esters is 1. The number of carbonyl (C=O) groups excluding carboxylic acids is 2. The SMILES string of the molecule is CCCc1c(C(=O)NC2CCCC(C(F)(F)F)C2)[nH]c(C)c1C(=O)OC. The van der Waals surface area contributed by atoms with E-state index in [-0.39, 0.29) is 18.5 Å². The molecule has 1 saturated carbocycles. The number of alkyl halides is 3. The molecule has 1 fully saturated rings. The molecule has 1 heterocycles. The normalized spacial score (nSPS) is 20.7. The van der Waals surface area contributed by atoms with Gasteiger partial charge in [0.1, 0.15) is 5.69 Å². The fourth-order valence-corrected chi connectivity index (χ4v) is 3.62. The van der Waals surface area contributed by atoms with E-state index in [1.54, 1.807) is 6.92 Å². The number of nitrogens with one attached hydrogen (secondary N) is 2. The summed E-state index contributed by atoms with van der Waals surface area (Å²) in [7, 11) is 1.27. The van der Waals surface area contributed by atoms with Crippen molar-refractivity contribution >= 4 is 11.9 Å². The second-order valence-corrected chi connectivity index (χ2v) is 6.80. The van der Waals surface area contributed by atoms with E-state index in [9.17, 15) is 22.8 Å². The maximum atomic E-state index is 13.0. The van der Waals surface area contributed by atoms with Gasteiger partial charge in [0.25, 0.3) is 5.91 Å². The zero-order valence-corrected chi connectivity index (χ0v) is 15.3. The number of ether oxygens (including phenoxy) is 1. The van der Waals surface area contributed by atoms with E-state index < -0.39 is 30.0 Å². The average molecular weight is 374 g/mol. The van der Waals surface area contributed by atoms with Gasteiger partial charge in [0, 0.05) is 11.7 Å². The molecule has 1 aliphatic rings. The molecule has 146 valence electrons. The summed E-state index contributed by atoms with van der Waals surface area (Å²) < 4.78 is 43.6. The Balaban J connectivity index is 2.20. The van der Waals surface area contributed by atoms with Crippen LogP contribution in [0.15, 0.2) is 0 Å². The lowest BCUT2D eigenvalue weighted by atomic mass is 9.85. The first-order chi connectivity index (χ1) is 12.2.